The second-order valence-electron chi connectivity index (χ2n) is 9.37. The number of carbonyl (C=O) groups excluding carboxylic acids is 1. The van der Waals surface area contributed by atoms with Gasteiger partial charge in [0, 0.05) is 24.4 Å². The smallest absolute Gasteiger partial charge is 0.410 e. The molecule has 2 aliphatic rings. The van der Waals surface area contributed by atoms with Crippen LogP contribution in [0, 0.1) is 5.82 Å². The maximum Gasteiger partial charge on any atom is 0.410 e. The number of nitrogens with zero attached hydrogens (tertiary/aromatic N) is 3. The highest BCUT2D eigenvalue weighted by Gasteiger charge is 2.45. The van der Waals surface area contributed by atoms with E-state index in [1.165, 1.54) is 12.1 Å². The van der Waals surface area contributed by atoms with Crippen molar-refractivity contribution in [3.8, 4) is 11.4 Å². The second kappa shape index (κ2) is 9.26. The van der Waals surface area contributed by atoms with Crippen molar-refractivity contribution in [2.45, 2.75) is 81.6 Å². The number of ether oxygens (including phenoxy) is 2. The van der Waals surface area contributed by atoms with Crippen molar-refractivity contribution in [2.75, 3.05) is 12.8 Å². The molecule has 0 radical (unpaired) electrons. The van der Waals surface area contributed by atoms with Gasteiger partial charge in [-0.05, 0) is 64.2 Å². The highest BCUT2D eigenvalue weighted by Crippen LogP contribution is 2.40. The topological polar surface area (TPSA) is 112 Å². The van der Waals surface area contributed by atoms with E-state index < -0.39 is 21.8 Å². The number of sulfone groups is 1. The largest absolute Gasteiger partial charge is 0.443 e. The van der Waals surface area contributed by atoms with Gasteiger partial charge in [-0.1, -0.05) is 12.1 Å². The molecule has 1 amide bonds. The molecule has 2 heterocycles. The summed E-state index contributed by atoms with van der Waals surface area (Å²) < 4.78 is 54.5. The summed E-state index contributed by atoms with van der Waals surface area (Å²) in [6, 6.07) is 3.75. The molecule has 4 rings (SSSR count). The van der Waals surface area contributed by atoms with Crippen LogP contribution in [0.15, 0.2) is 27.6 Å². The minimum absolute atomic E-state index is 0.0709. The first-order chi connectivity index (χ1) is 16.0. The lowest BCUT2D eigenvalue weighted by atomic mass is 9.96. The average Bonchev–Trinajstić information content (AvgIpc) is 3.25. The summed E-state index contributed by atoms with van der Waals surface area (Å²) >= 11 is 0. The Bertz CT molecular complexity index is 1160. The van der Waals surface area contributed by atoms with Crippen LogP contribution in [0.2, 0.25) is 0 Å². The van der Waals surface area contributed by atoms with Gasteiger partial charge in [0.15, 0.2) is 9.84 Å². The molecule has 1 aliphatic carbocycles. The summed E-state index contributed by atoms with van der Waals surface area (Å²) in [4.78, 5) is 18.1. The van der Waals surface area contributed by atoms with E-state index in [1.807, 2.05) is 13.8 Å². The molecule has 1 unspecified atom stereocenters. The van der Waals surface area contributed by atoms with Crippen LogP contribution in [0.4, 0.5) is 9.18 Å². The van der Waals surface area contributed by atoms with Crippen LogP contribution in [-0.4, -0.2) is 60.1 Å². The normalized spacial score (nSPS) is 21.0. The standard InChI is InChI=1S/C23H30FN3O6S/c1-5-17(13-16-8-11-27(16)22(28)32-23(3)9-10-23)31-14(2)21-25-20(26-33-21)15-6-7-19(18(24)12-15)34(4,29)30/h6-7,12,14,16-17H,5,8-11,13H2,1-4H3/t14-,16?,17-/m1/s1. The zero-order valence-corrected chi connectivity index (χ0v) is 20.6. The van der Waals surface area contributed by atoms with Crippen molar-refractivity contribution in [3.05, 3.63) is 29.9 Å². The van der Waals surface area contributed by atoms with Gasteiger partial charge in [-0.2, -0.15) is 4.98 Å². The van der Waals surface area contributed by atoms with Gasteiger partial charge < -0.3 is 18.9 Å². The van der Waals surface area contributed by atoms with Crippen molar-refractivity contribution >= 4 is 15.9 Å². The van der Waals surface area contributed by atoms with Crippen molar-refractivity contribution < 1.29 is 31.6 Å². The molecule has 1 aromatic carbocycles. The number of rotatable bonds is 9. The second-order valence-corrected chi connectivity index (χ2v) is 11.4. The minimum atomic E-state index is -3.67. The average molecular weight is 496 g/mol. The van der Waals surface area contributed by atoms with E-state index in [9.17, 15) is 17.6 Å². The van der Waals surface area contributed by atoms with E-state index in [4.69, 9.17) is 14.0 Å². The molecule has 1 saturated carbocycles. The van der Waals surface area contributed by atoms with Gasteiger partial charge in [-0.15, -0.1) is 0 Å². The van der Waals surface area contributed by atoms with E-state index in [0.717, 1.165) is 38.0 Å². The molecule has 1 aliphatic heterocycles. The van der Waals surface area contributed by atoms with E-state index >= 15 is 0 Å². The molecule has 2 fully saturated rings. The minimum Gasteiger partial charge on any atom is -0.443 e. The molecule has 1 aromatic heterocycles. The maximum atomic E-state index is 14.2. The maximum absolute atomic E-state index is 14.2. The van der Waals surface area contributed by atoms with Gasteiger partial charge in [-0.25, -0.2) is 17.6 Å². The molecule has 3 atom stereocenters. The Labute approximate surface area is 198 Å². The van der Waals surface area contributed by atoms with Gasteiger partial charge in [0.1, 0.15) is 22.4 Å². The van der Waals surface area contributed by atoms with E-state index in [0.29, 0.717) is 18.5 Å². The molecular formula is C23H30FN3O6S. The van der Waals surface area contributed by atoms with Crippen molar-refractivity contribution in [1.29, 1.82) is 0 Å². The highest BCUT2D eigenvalue weighted by molar-refractivity contribution is 7.90. The molecule has 34 heavy (non-hydrogen) atoms. The van der Waals surface area contributed by atoms with Crippen molar-refractivity contribution in [1.82, 2.24) is 15.0 Å². The van der Waals surface area contributed by atoms with E-state index in [1.54, 1.807) is 11.8 Å². The summed E-state index contributed by atoms with van der Waals surface area (Å²) in [5.74, 6) is -0.507. The molecule has 0 N–H and O–H groups in total. The number of amides is 1. The lowest BCUT2D eigenvalue weighted by Crippen LogP contribution is -2.53. The fraction of sp³-hybridized carbons (Fsp3) is 0.609. The first-order valence-corrected chi connectivity index (χ1v) is 13.4. The Morgan fingerprint density at radius 3 is 2.68 bits per heavy atom. The quantitative estimate of drug-likeness (QED) is 0.506. The van der Waals surface area contributed by atoms with E-state index in [-0.39, 0.29) is 40.5 Å². The predicted octanol–water partition coefficient (Wildman–Crippen LogP) is 4.29. The lowest BCUT2D eigenvalue weighted by Gasteiger charge is -2.42. The van der Waals surface area contributed by atoms with Crippen LogP contribution in [0.25, 0.3) is 11.4 Å². The third-order valence-corrected chi connectivity index (χ3v) is 7.56. The summed E-state index contributed by atoms with van der Waals surface area (Å²) in [6.07, 6.45) is 4.18. The number of aromatic nitrogens is 2. The SMILES string of the molecule is CC[C@H](CC1CCN1C(=O)OC1(C)CC1)O[C@H](C)c1nc(-c2ccc(S(C)(=O)=O)c(F)c2)no1. The molecular weight excluding hydrogens is 465 g/mol. The Morgan fingerprint density at radius 2 is 2.12 bits per heavy atom. The van der Waals surface area contributed by atoms with Crippen LogP contribution in [0.5, 0.6) is 0 Å². The van der Waals surface area contributed by atoms with Crippen LogP contribution >= 0.6 is 0 Å². The molecule has 0 spiro atoms. The molecule has 0 bridgehead atoms. The highest BCUT2D eigenvalue weighted by atomic mass is 32.2. The Hall–Kier alpha value is -2.53. The van der Waals surface area contributed by atoms with E-state index in [2.05, 4.69) is 10.1 Å². The van der Waals surface area contributed by atoms with Gasteiger partial charge in [0.25, 0.3) is 5.89 Å². The molecule has 1 saturated heterocycles. The number of hydrogen-bond acceptors (Lipinski definition) is 8. The third kappa shape index (κ3) is 5.41. The lowest BCUT2D eigenvalue weighted by molar-refractivity contribution is -0.0510. The molecule has 11 heteroatoms. The monoisotopic (exact) mass is 495 g/mol. The first kappa shape index (κ1) is 24.6. The summed E-state index contributed by atoms with van der Waals surface area (Å²) in [5.41, 5.74) is 0.00272. The van der Waals surface area contributed by atoms with Crippen LogP contribution < -0.4 is 0 Å². The summed E-state index contributed by atoms with van der Waals surface area (Å²) in [7, 11) is -3.67. The number of carbonyl (C=O) groups is 1. The first-order valence-electron chi connectivity index (χ1n) is 11.5. The van der Waals surface area contributed by atoms with Gasteiger partial charge in [0.2, 0.25) is 5.82 Å². The Balaban J connectivity index is 1.36. The fourth-order valence-electron chi connectivity index (χ4n) is 3.90. The summed E-state index contributed by atoms with van der Waals surface area (Å²) in [5, 5.41) is 3.89. The predicted molar refractivity (Wildman–Crippen MR) is 120 cm³/mol. The van der Waals surface area contributed by atoms with Crippen LogP contribution in [-0.2, 0) is 19.3 Å². The van der Waals surface area contributed by atoms with Crippen molar-refractivity contribution in [3.63, 3.8) is 0 Å². The van der Waals surface area contributed by atoms with Gasteiger partial charge in [-0.3, -0.25) is 0 Å². The number of halogens is 1. The zero-order chi connectivity index (χ0) is 24.7. The van der Waals surface area contributed by atoms with Gasteiger partial charge >= 0.3 is 6.09 Å². The number of hydrogen-bond donors (Lipinski definition) is 0. The van der Waals surface area contributed by atoms with Crippen molar-refractivity contribution in [2.24, 2.45) is 0 Å². The zero-order valence-electron chi connectivity index (χ0n) is 19.8. The van der Waals surface area contributed by atoms with Gasteiger partial charge in [0.05, 0.1) is 6.10 Å². The summed E-state index contributed by atoms with van der Waals surface area (Å²) in [6.45, 7) is 6.43. The molecule has 186 valence electrons. The van der Waals surface area contributed by atoms with Crippen LogP contribution in [0.3, 0.4) is 0 Å². The molecule has 9 nitrogen and oxygen atoms in total. The number of likely N-dealkylation sites (tertiary alicyclic amines) is 1. The van der Waals surface area contributed by atoms with Crippen LogP contribution in [0.1, 0.15) is 64.9 Å². The Kier molecular flexibility index (Phi) is 6.69. The third-order valence-electron chi connectivity index (χ3n) is 6.43. The Morgan fingerprint density at radius 1 is 1.38 bits per heavy atom. The number of benzene rings is 1. The molecule has 2 aromatic rings. The fourth-order valence-corrected chi connectivity index (χ4v) is 4.63.